The standard InChI is InChI=1S/C21H22N2O9S/c1-30-19-11-16(17(23(26)27)12-20(19)31-2)21(25)32-13-18(24)14-5-7-15(8-6-14)33(28,29)22-9-3-4-10-22/h5-8,11-12H,3-4,9-10,13H2,1-2H3. The van der Waals surface area contributed by atoms with E-state index in [0.717, 1.165) is 25.0 Å². The van der Waals surface area contributed by atoms with Crippen molar-refractivity contribution < 1.29 is 37.1 Å². The van der Waals surface area contributed by atoms with Crippen LogP contribution in [0.25, 0.3) is 0 Å². The molecule has 1 saturated heterocycles. The summed E-state index contributed by atoms with van der Waals surface area (Å²) in [7, 11) is -1.02. The van der Waals surface area contributed by atoms with E-state index in [2.05, 4.69) is 0 Å². The van der Waals surface area contributed by atoms with Gasteiger partial charge in [-0.15, -0.1) is 0 Å². The second-order valence-electron chi connectivity index (χ2n) is 7.12. The van der Waals surface area contributed by atoms with Crippen LogP contribution in [0.15, 0.2) is 41.3 Å². The number of carbonyl (C=O) groups is 2. The lowest BCUT2D eigenvalue weighted by Gasteiger charge is -2.15. The van der Waals surface area contributed by atoms with Crippen LogP contribution in [0.5, 0.6) is 11.5 Å². The number of methoxy groups -OCH3 is 2. The van der Waals surface area contributed by atoms with Gasteiger partial charge in [0.2, 0.25) is 10.0 Å². The number of nitrogens with zero attached hydrogens (tertiary/aromatic N) is 2. The molecule has 1 fully saturated rings. The van der Waals surface area contributed by atoms with Crippen LogP contribution >= 0.6 is 0 Å². The maximum atomic E-state index is 12.6. The molecule has 2 aromatic carbocycles. The summed E-state index contributed by atoms with van der Waals surface area (Å²) in [6.07, 6.45) is 1.61. The highest BCUT2D eigenvalue weighted by Crippen LogP contribution is 2.34. The molecule has 0 amide bonds. The minimum atomic E-state index is -3.62. The second kappa shape index (κ2) is 9.96. The molecular weight excluding hydrogens is 456 g/mol. The van der Waals surface area contributed by atoms with Crippen molar-refractivity contribution >= 4 is 27.5 Å². The van der Waals surface area contributed by atoms with Gasteiger partial charge in [-0.25, -0.2) is 13.2 Å². The van der Waals surface area contributed by atoms with E-state index in [4.69, 9.17) is 14.2 Å². The van der Waals surface area contributed by atoms with Gasteiger partial charge in [-0.3, -0.25) is 14.9 Å². The second-order valence-corrected chi connectivity index (χ2v) is 9.05. The highest BCUT2D eigenvalue weighted by atomic mass is 32.2. The lowest BCUT2D eigenvalue weighted by atomic mass is 10.1. The van der Waals surface area contributed by atoms with Gasteiger partial charge in [-0.05, 0) is 37.1 Å². The van der Waals surface area contributed by atoms with Crippen LogP contribution in [0.4, 0.5) is 5.69 Å². The van der Waals surface area contributed by atoms with Crippen LogP contribution in [-0.2, 0) is 14.8 Å². The molecule has 0 saturated carbocycles. The average Bonchev–Trinajstić information content (AvgIpc) is 3.37. The van der Waals surface area contributed by atoms with E-state index < -0.39 is 44.6 Å². The molecule has 1 aliphatic rings. The Morgan fingerprint density at radius 2 is 1.61 bits per heavy atom. The van der Waals surface area contributed by atoms with Crippen molar-refractivity contribution in [3.8, 4) is 11.5 Å². The summed E-state index contributed by atoms with van der Waals surface area (Å²) in [5, 5.41) is 11.3. The molecule has 0 radical (unpaired) electrons. The molecule has 1 aliphatic heterocycles. The van der Waals surface area contributed by atoms with E-state index in [1.54, 1.807) is 0 Å². The van der Waals surface area contributed by atoms with Crippen molar-refractivity contribution in [3.05, 3.63) is 57.6 Å². The fourth-order valence-corrected chi connectivity index (χ4v) is 4.88. The number of ketones is 1. The van der Waals surface area contributed by atoms with Crippen molar-refractivity contribution in [1.82, 2.24) is 4.31 Å². The fourth-order valence-electron chi connectivity index (χ4n) is 3.37. The summed E-state index contributed by atoms with van der Waals surface area (Å²) in [6.45, 7) is 0.227. The molecule has 12 heteroatoms. The smallest absolute Gasteiger partial charge is 0.345 e. The summed E-state index contributed by atoms with van der Waals surface area (Å²) < 4.78 is 41.6. The largest absolute Gasteiger partial charge is 0.493 e. The molecule has 0 atom stereocenters. The zero-order valence-corrected chi connectivity index (χ0v) is 18.8. The van der Waals surface area contributed by atoms with Crippen LogP contribution in [-0.4, -0.2) is 63.3 Å². The Labute approximate surface area is 190 Å². The van der Waals surface area contributed by atoms with Gasteiger partial charge in [-0.1, -0.05) is 0 Å². The van der Waals surface area contributed by atoms with E-state index in [9.17, 15) is 28.1 Å². The molecule has 0 bridgehead atoms. The average molecular weight is 478 g/mol. The van der Waals surface area contributed by atoms with E-state index in [1.807, 2.05) is 0 Å². The normalized spacial score (nSPS) is 14.0. The van der Waals surface area contributed by atoms with Crippen molar-refractivity contribution in [2.24, 2.45) is 0 Å². The van der Waals surface area contributed by atoms with Crippen LogP contribution < -0.4 is 9.47 Å². The molecule has 0 N–H and O–H groups in total. The zero-order chi connectivity index (χ0) is 24.2. The van der Waals surface area contributed by atoms with Gasteiger partial charge in [0.1, 0.15) is 5.56 Å². The maximum absolute atomic E-state index is 12.6. The number of nitro benzene ring substituents is 1. The molecule has 176 valence electrons. The number of carbonyl (C=O) groups excluding carboxylic acids is 2. The van der Waals surface area contributed by atoms with Gasteiger partial charge in [0.15, 0.2) is 23.9 Å². The van der Waals surface area contributed by atoms with E-state index in [0.29, 0.717) is 13.1 Å². The Bertz CT molecular complexity index is 1170. The summed E-state index contributed by atoms with van der Waals surface area (Å²) in [5.41, 5.74) is -0.843. The topological polar surface area (TPSA) is 142 Å². The third-order valence-electron chi connectivity index (χ3n) is 5.13. The van der Waals surface area contributed by atoms with E-state index in [1.165, 1.54) is 42.8 Å². The Kier molecular flexibility index (Phi) is 7.29. The Balaban J connectivity index is 1.72. The first-order valence-corrected chi connectivity index (χ1v) is 11.3. The van der Waals surface area contributed by atoms with Crippen molar-refractivity contribution in [1.29, 1.82) is 0 Å². The van der Waals surface area contributed by atoms with Crippen molar-refractivity contribution in [2.75, 3.05) is 33.9 Å². The summed E-state index contributed by atoms with van der Waals surface area (Å²) in [5.74, 6) is -1.56. The molecule has 33 heavy (non-hydrogen) atoms. The number of hydrogen-bond acceptors (Lipinski definition) is 9. The maximum Gasteiger partial charge on any atom is 0.345 e. The number of esters is 1. The monoisotopic (exact) mass is 478 g/mol. The molecule has 2 aromatic rings. The summed E-state index contributed by atoms with van der Waals surface area (Å²) in [6, 6.07) is 7.43. The number of Topliss-reactive ketones (excluding diaryl/α,β-unsaturated/α-hetero) is 1. The predicted octanol–water partition coefficient (Wildman–Crippen LogP) is 2.44. The molecular formula is C21H22N2O9S. The highest BCUT2D eigenvalue weighted by molar-refractivity contribution is 7.89. The number of benzene rings is 2. The Morgan fingerprint density at radius 3 is 2.15 bits per heavy atom. The number of ether oxygens (including phenoxy) is 3. The molecule has 1 heterocycles. The van der Waals surface area contributed by atoms with Crippen molar-refractivity contribution in [2.45, 2.75) is 17.7 Å². The van der Waals surface area contributed by atoms with E-state index in [-0.39, 0.29) is 22.0 Å². The van der Waals surface area contributed by atoms with Gasteiger partial charge in [0.05, 0.1) is 30.1 Å². The Morgan fingerprint density at radius 1 is 1.03 bits per heavy atom. The quantitative estimate of drug-likeness (QED) is 0.230. The number of rotatable bonds is 9. The van der Waals surface area contributed by atoms with Crippen LogP contribution in [0, 0.1) is 10.1 Å². The Hall–Kier alpha value is -3.51. The van der Waals surface area contributed by atoms with Crippen LogP contribution in [0.1, 0.15) is 33.6 Å². The number of sulfonamides is 1. The third-order valence-corrected chi connectivity index (χ3v) is 7.04. The first kappa shape index (κ1) is 24.1. The van der Waals surface area contributed by atoms with Crippen molar-refractivity contribution in [3.63, 3.8) is 0 Å². The predicted molar refractivity (Wildman–Crippen MR) is 115 cm³/mol. The first-order chi connectivity index (χ1) is 15.7. The molecule has 0 aromatic heterocycles. The third kappa shape index (κ3) is 5.12. The molecule has 0 unspecified atom stereocenters. The fraction of sp³-hybridized carbons (Fsp3) is 0.333. The number of hydrogen-bond donors (Lipinski definition) is 0. The summed E-state index contributed by atoms with van der Waals surface area (Å²) >= 11 is 0. The molecule has 11 nitrogen and oxygen atoms in total. The lowest BCUT2D eigenvalue weighted by molar-refractivity contribution is -0.385. The highest BCUT2D eigenvalue weighted by Gasteiger charge is 2.28. The zero-order valence-electron chi connectivity index (χ0n) is 18.0. The minimum Gasteiger partial charge on any atom is -0.493 e. The van der Waals surface area contributed by atoms with Crippen LogP contribution in [0.3, 0.4) is 0 Å². The molecule has 3 rings (SSSR count). The van der Waals surface area contributed by atoms with Gasteiger partial charge in [0, 0.05) is 24.7 Å². The molecule has 0 spiro atoms. The van der Waals surface area contributed by atoms with Gasteiger partial charge < -0.3 is 14.2 Å². The summed E-state index contributed by atoms with van der Waals surface area (Å²) in [4.78, 5) is 35.5. The first-order valence-electron chi connectivity index (χ1n) is 9.90. The minimum absolute atomic E-state index is 0.0563. The molecule has 0 aliphatic carbocycles. The van der Waals surface area contributed by atoms with E-state index >= 15 is 0 Å². The van der Waals surface area contributed by atoms with Crippen LogP contribution in [0.2, 0.25) is 0 Å². The van der Waals surface area contributed by atoms with Gasteiger partial charge >= 0.3 is 5.97 Å². The SMILES string of the molecule is COc1cc(C(=O)OCC(=O)c2ccc(S(=O)(=O)N3CCCC3)cc2)c([N+](=O)[O-])cc1OC. The number of nitro groups is 1. The van der Waals surface area contributed by atoms with Gasteiger partial charge in [-0.2, -0.15) is 4.31 Å². The van der Waals surface area contributed by atoms with Gasteiger partial charge in [0.25, 0.3) is 5.69 Å². The lowest BCUT2D eigenvalue weighted by Crippen LogP contribution is -2.27.